The quantitative estimate of drug-likeness (QED) is 0.210. The van der Waals surface area contributed by atoms with Gasteiger partial charge in [0.05, 0.1) is 0 Å². The molecule has 0 saturated carbocycles. The van der Waals surface area contributed by atoms with Crippen LogP contribution >= 0.6 is 0 Å². The molecule has 0 radical (unpaired) electrons. The van der Waals surface area contributed by atoms with Gasteiger partial charge in [-0.25, -0.2) is 12.1 Å². The van der Waals surface area contributed by atoms with Gasteiger partial charge in [-0.05, 0) is 18.9 Å². The average molecular weight is 436 g/mol. The summed E-state index contributed by atoms with van der Waals surface area (Å²) >= 11 is 0. The second-order valence-electron chi connectivity index (χ2n) is 6.94. The second kappa shape index (κ2) is 11.9. The Morgan fingerprint density at radius 1 is 0.800 bits per heavy atom. The first-order chi connectivity index (χ1) is 14.1. The largest absolute Gasteiger partial charge is 0.718 e. The van der Waals surface area contributed by atoms with Crippen LogP contribution in [-0.4, -0.2) is 11.6 Å². The van der Waals surface area contributed by atoms with Crippen LogP contribution in [0.2, 0.25) is 0 Å². The van der Waals surface area contributed by atoms with E-state index in [1.165, 1.54) is 5.56 Å². The Labute approximate surface area is 188 Å². The number of carbonyl (C=O) groups excluding carboxylic acids is 2. The van der Waals surface area contributed by atoms with E-state index >= 15 is 0 Å². The van der Waals surface area contributed by atoms with E-state index < -0.39 is 0 Å². The number of hydrogen-bond donors (Lipinski definition) is 0. The molecular formula is C27H24FeO2-6. The molecule has 3 heteroatoms. The molecule has 0 unspecified atom stereocenters. The van der Waals surface area contributed by atoms with Crippen molar-refractivity contribution in [3.8, 4) is 0 Å². The van der Waals surface area contributed by atoms with Crippen molar-refractivity contribution >= 4 is 11.6 Å². The summed E-state index contributed by atoms with van der Waals surface area (Å²) in [7, 11) is 0. The molecule has 0 atom stereocenters. The Hall–Kier alpha value is -3.00. The number of Topliss-reactive ketones (excluding diaryl/α,β-unsaturated/α-hetero) is 2. The van der Waals surface area contributed by atoms with Gasteiger partial charge in [0.1, 0.15) is 5.78 Å². The van der Waals surface area contributed by atoms with Crippen LogP contribution in [0.15, 0.2) is 103 Å². The van der Waals surface area contributed by atoms with Crippen molar-refractivity contribution in [2.24, 2.45) is 0 Å². The van der Waals surface area contributed by atoms with E-state index in [0.29, 0.717) is 6.42 Å². The Balaban J connectivity index is 0.000000207. The normalized spacial score (nSPS) is 9.77. The van der Waals surface area contributed by atoms with Gasteiger partial charge < -0.3 is 39.4 Å². The van der Waals surface area contributed by atoms with Crippen molar-refractivity contribution in [1.82, 2.24) is 0 Å². The molecule has 0 aliphatic heterocycles. The summed E-state index contributed by atoms with van der Waals surface area (Å²) in [6.07, 6.45) is 1.33. The van der Waals surface area contributed by atoms with Crippen molar-refractivity contribution in [3.63, 3.8) is 0 Å². The van der Waals surface area contributed by atoms with Crippen LogP contribution in [-0.2, 0) is 29.9 Å². The fourth-order valence-corrected chi connectivity index (χ4v) is 3.21. The average Bonchev–Trinajstić information content (AvgIpc) is 3.42. The minimum absolute atomic E-state index is 0. The topological polar surface area (TPSA) is 34.1 Å². The number of ketones is 2. The van der Waals surface area contributed by atoms with Crippen LogP contribution in [0, 0.1) is 0 Å². The Morgan fingerprint density at radius 3 is 1.93 bits per heavy atom. The summed E-state index contributed by atoms with van der Waals surface area (Å²) in [6, 6.07) is 33.3. The zero-order chi connectivity index (χ0) is 20.5. The van der Waals surface area contributed by atoms with Crippen LogP contribution in [0.1, 0.15) is 44.3 Å². The van der Waals surface area contributed by atoms with Crippen LogP contribution in [0.25, 0.3) is 0 Å². The maximum Gasteiger partial charge on any atom is 0.105 e. The number of benzene rings is 2. The first-order valence-corrected chi connectivity index (χ1v) is 9.72. The molecule has 0 spiro atoms. The van der Waals surface area contributed by atoms with Crippen LogP contribution < -0.4 is 0 Å². The summed E-state index contributed by atoms with van der Waals surface area (Å²) in [5, 5.41) is 0. The molecular weight excluding hydrogens is 412 g/mol. The molecule has 0 aliphatic carbocycles. The molecule has 0 saturated heterocycles. The molecule has 4 aromatic rings. The molecule has 0 aromatic heterocycles. The summed E-state index contributed by atoms with van der Waals surface area (Å²) < 4.78 is 0. The van der Waals surface area contributed by atoms with Crippen molar-refractivity contribution in [2.75, 3.05) is 0 Å². The predicted octanol–water partition coefficient (Wildman–Crippen LogP) is 6.03. The first-order valence-electron chi connectivity index (χ1n) is 9.72. The molecule has 4 rings (SSSR count). The fourth-order valence-electron chi connectivity index (χ4n) is 3.21. The van der Waals surface area contributed by atoms with Crippen LogP contribution in [0.4, 0.5) is 0 Å². The number of hydrogen-bond acceptors (Lipinski definition) is 2. The Kier molecular flexibility index (Phi) is 9.21. The maximum atomic E-state index is 11.7. The van der Waals surface area contributed by atoms with Crippen molar-refractivity contribution in [1.29, 1.82) is 0 Å². The zero-order valence-corrected chi connectivity index (χ0v) is 18.0. The van der Waals surface area contributed by atoms with Gasteiger partial charge in [0.25, 0.3) is 0 Å². The third kappa shape index (κ3) is 6.81. The fraction of sp³-hybridized carbons (Fsp3) is 0.111. The monoisotopic (exact) mass is 436 g/mol. The summed E-state index contributed by atoms with van der Waals surface area (Å²) in [5.74, 6) is 0.326. The van der Waals surface area contributed by atoms with Crippen LogP contribution in [0.3, 0.4) is 0 Å². The molecule has 0 aliphatic rings. The van der Waals surface area contributed by atoms with E-state index in [1.54, 1.807) is 6.92 Å². The molecule has 0 N–H and O–H groups in total. The molecule has 4 aromatic carbocycles. The van der Waals surface area contributed by atoms with Gasteiger partial charge in [-0.2, -0.15) is 11.6 Å². The molecule has 0 heterocycles. The molecule has 2 nitrogen and oxygen atoms in total. The van der Waals surface area contributed by atoms with E-state index in [2.05, 4.69) is 12.1 Å². The third-order valence-corrected chi connectivity index (χ3v) is 4.72. The van der Waals surface area contributed by atoms with E-state index in [1.807, 2.05) is 91.0 Å². The first kappa shape index (κ1) is 23.3. The number of carbonyl (C=O) groups is 2. The van der Waals surface area contributed by atoms with E-state index in [-0.39, 0.29) is 28.6 Å². The minimum atomic E-state index is 0. The number of rotatable bonds is 6. The molecule has 0 bridgehead atoms. The summed E-state index contributed by atoms with van der Waals surface area (Å²) in [6.45, 7) is 1.61. The Bertz CT molecular complexity index is 1030. The zero-order valence-electron chi connectivity index (χ0n) is 16.9. The van der Waals surface area contributed by atoms with E-state index in [0.717, 1.165) is 28.7 Å². The van der Waals surface area contributed by atoms with Gasteiger partial charge in [-0.3, -0.25) is 5.78 Å². The van der Waals surface area contributed by atoms with Gasteiger partial charge in [-0.1, -0.05) is 78.2 Å². The predicted molar refractivity (Wildman–Crippen MR) is 118 cm³/mol. The summed E-state index contributed by atoms with van der Waals surface area (Å²) in [4.78, 5) is 23.0. The minimum Gasteiger partial charge on any atom is -0.718 e. The van der Waals surface area contributed by atoms with Gasteiger partial charge >= 0.3 is 0 Å². The SMILES string of the molecule is CC(=O)[c-]1cccc1Cc1ccccc1.O=C(Cc1ccccc1)[c-]1[cH-][cH-][cH-][cH-]1.[Fe]. The maximum absolute atomic E-state index is 11.7. The van der Waals surface area contributed by atoms with E-state index in [4.69, 9.17) is 0 Å². The van der Waals surface area contributed by atoms with Crippen molar-refractivity contribution < 1.29 is 26.7 Å². The third-order valence-electron chi connectivity index (χ3n) is 4.72. The van der Waals surface area contributed by atoms with Crippen molar-refractivity contribution in [2.45, 2.75) is 19.8 Å². The summed E-state index contributed by atoms with van der Waals surface area (Å²) in [5.41, 5.74) is 5.08. The molecule has 0 amide bonds. The van der Waals surface area contributed by atoms with Gasteiger partial charge in [-0.15, -0.1) is 0 Å². The van der Waals surface area contributed by atoms with Crippen molar-refractivity contribution in [3.05, 3.63) is 131 Å². The second-order valence-corrected chi connectivity index (χ2v) is 6.94. The van der Waals surface area contributed by atoms with Gasteiger partial charge in [0.15, 0.2) is 0 Å². The van der Waals surface area contributed by atoms with Gasteiger partial charge in [0, 0.05) is 17.1 Å². The smallest absolute Gasteiger partial charge is 0.105 e. The molecule has 0 fully saturated rings. The van der Waals surface area contributed by atoms with Crippen LogP contribution in [0.5, 0.6) is 0 Å². The standard InChI is InChI=1S/C14H13O.C13H11O.Fe/c1-11(15)14-9-5-8-13(14)10-12-6-3-2-4-7-12;14-13(12-8-4-5-9-12)10-11-6-2-1-3-7-11;/h2-9H,10H2,1H3;1-9H,10H2;/q-1;-5;. The molecule has 30 heavy (non-hydrogen) atoms. The van der Waals surface area contributed by atoms with Gasteiger partial charge in [0.2, 0.25) is 0 Å². The Morgan fingerprint density at radius 2 is 1.37 bits per heavy atom. The molecule has 158 valence electrons. The van der Waals surface area contributed by atoms with E-state index in [9.17, 15) is 9.59 Å².